The molecule has 0 aliphatic rings. The first-order chi connectivity index (χ1) is 17.7. The highest BCUT2D eigenvalue weighted by Gasteiger charge is 2.21. The van der Waals surface area contributed by atoms with E-state index in [1.54, 1.807) is 0 Å². The maximum atomic E-state index is 6.42. The van der Waals surface area contributed by atoms with Crippen LogP contribution in [0.5, 0.6) is 0 Å². The molecule has 9 aromatic rings. The number of furan rings is 2. The molecule has 2 nitrogen and oxygen atoms in total. The largest absolute Gasteiger partial charge is 0.456 e. The van der Waals surface area contributed by atoms with Crippen molar-refractivity contribution in [3.63, 3.8) is 0 Å². The average Bonchev–Trinajstić information content (AvgIpc) is 3.43. The summed E-state index contributed by atoms with van der Waals surface area (Å²) in [6, 6.07) is 30.3. The molecule has 0 fully saturated rings. The van der Waals surface area contributed by atoms with Crippen LogP contribution in [0.3, 0.4) is 0 Å². The molecule has 168 valence electrons. The van der Waals surface area contributed by atoms with Gasteiger partial charge in [-0.2, -0.15) is 0 Å². The normalized spacial score (nSPS) is 12.7. The molecule has 4 heteroatoms. The molecule has 2 aromatic heterocycles. The van der Waals surface area contributed by atoms with Crippen LogP contribution < -0.4 is 0 Å². The molecule has 36 heavy (non-hydrogen) atoms. The monoisotopic (exact) mass is 588 g/mol. The number of rotatable bonds is 0. The van der Waals surface area contributed by atoms with E-state index in [1.165, 1.54) is 53.9 Å². The average molecular weight is 590 g/mol. The minimum Gasteiger partial charge on any atom is -0.456 e. The third kappa shape index (κ3) is 2.32. The van der Waals surface area contributed by atoms with Gasteiger partial charge in [0.15, 0.2) is 0 Å². The number of hydrogen-bond donors (Lipinski definition) is 0. The van der Waals surface area contributed by atoms with Crippen molar-refractivity contribution in [3.8, 4) is 0 Å². The highest BCUT2D eigenvalue weighted by atomic mass is 79.9. The Hall–Kier alpha value is -3.60. The van der Waals surface area contributed by atoms with Gasteiger partial charge in [0.1, 0.15) is 22.3 Å². The first kappa shape index (κ1) is 19.6. The standard InChI is InChI=1S/C32H14Br2O2/c33-15-7-9-19-25(11-15)35-27-13-23-24-14-28-32(20-10-8-16(34)12-26(20)36-28)22-6-2-4-18(30(22)24)17-3-1-5-21(29(17)23)31(19)27/h1-14H. The van der Waals surface area contributed by atoms with Gasteiger partial charge in [0.25, 0.3) is 0 Å². The van der Waals surface area contributed by atoms with Crippen LogP contribution >= 0.6 is 31.9 Å². The van der Waals surface area contributed by atoms with Crippen molar-refractivity contribution in [3.05, 3.63) is 93.9 Å². The van der Waals surface area contributed by atoms with E-state index >= 15 is 0 Å². The first-order valence-electron chi connectivity index (χ1n) is 11.8. The van der Waals surface area contributed by atoms with Crippen LogP contribution in [0.4, 0.5) is 0 Å². The molecule has 0 saturated carbocycles. The van der Waals surface area contributed by atoms with Crippen LogP contribution in [0.15, 0.2) is 103 Å². The second-order valence-corrected chi connectivity index (χ2v) is 11.4. The number of benzene rings is 7. The Kier molecular flexibility index (Phi) is 3.58. The summed E-state index contributed by atoms with van der Waals surface area (Å²) < 4.78 is 14.9. The second kappa shape index (κ2) is 6.58. The molecular weight excluding hydrogens is 576 g/mol. The van der Waals surface area contributed by atoms with Crippen LogP contribution in [0, 0.1) is 0 Å². The fourth-order valence-electron chi connectivity index (χ4n) is 6.32. The van der Waals surface area contributed by atoms with Crippen molar-refractivity contribution >= 4 is 119 Å². The lowest BCUT2D eigenvalue weighted by Crippen LogP contribution is -1.88. The fraction of sp³-hybridized carbons (Fsp3) is 0. The van der Waals surface area contributed by atoms with Gasteiger partial charge in [0, 0.05) is 30.5 Å². The Morgan fingerprint density at radius 3 is 1.28 bits per heavy atom. The molecular formula is C32H14Br2O2. The van der Waals surface area contributed by atoms with E-state index in [-0.39, 0.29) is 0 Å². The van der Waals surface area contributed by atoms with Gasteiger partial charge in [-0.1, -0.05) is 68.3 Å². The molecule has 0 unspecified atom stereocenters. The lowest BCUT2D eigenvalue weighted by molar-refractivity contribution is 0.668. The molecule has 2 heterocycles. The van der Waals surface area contributed by atoms with Gasteiger partial charge < -0.3 is 8.83 Å². The summed E-state index contributed by atoms with van der Waals surface area (Å²) in [4.78, 5) is 0. The van der Waals surface area contributed by atoms with E-state index in [0.717, 1.165) is 42.0 Å². The van der Waals surface area contributed by atoms with Crippen molar-refractivity contribution < 1.29 is 8.83 Å². The van der Waals surface area contributed by atoms with Crippen molar-refractivity contribution in [2.75, 3.05) is 0 Å². The Labute approximate surface area is 220 Å². The molecule has 0 aliphatic carbocycles. The number of hydrogen-bond acceptors (Lipinski definition) is 2. The van der Waals surface area contributed by atoms with Gasteiger partial charge in [-0.25, -0.2) is 0 Å². The second-order valence-electron chi connectivity index (χ2n) is 9.54. The quantitative estimate of drug-likeness (QED) is 0.130. The SMILES string of the molecule is Brc1ccc2c(c1)oc1cc3c4cc5oc6cc(Br)ccc6c5c5cccc(c6cccc(c12)c63)c45. The van der Waals surface area contributed by atoms with Crippen molar-refractivity contribution in [1.82, 2.24) is 0 Å². The number of halogens is 2. The molecule has 0 spiro atoms. The maximum Gasteiger partial charge on any atom is 0.136 e. The lowest BCUT2D eigenvalue weighted by Gasteiger charge is -2.15. The Morgan fingerprint density at radius 2 is 0.806 bits per heavy atom. The third-order valence-corrected chi connectivity index (χ3v) is 8.68. The van der Waals surface area contributed by atoms with Gasteiger partial charge in [-0.15, -0.1) is 0 Å². The molecule has 0 atom stereocenters. The molecule has 0 radical (unpaired) electrons. The molecule has 0 N–H and O–H groups in total. The lowest BCUT2D eigenvalue weighted by atomic mass is 9.87. The van der Waals surface area contributed by atoms with Crippen LogP contribution in [-0.4, -0.2) is 0 Å². The maximum absolute atomic E-state index is 6.42. The zero-order valence-corrected chi connectivity index (χ0v) is 21.8. The van der Waals surface area contributed by atoms with Gasteiger partial charge >= 0.3 is 0 Å². The van der Waals surface area contributed by atoms with E-state index in [1.807, 2.05) is 0 Å². The smallest absolute Gasteiger partial charge is 0.136 e. The molecule has 0 bridgehead atoms. The van der Waals surface area contributed by atoms with E-state index in [2.05, 4.69) is 117 Å². The highest BCUT2D eigenvalue weighted by molar-refractivity contribution is 9.10. The summed E-state index contributed by atoms with van der Waals surface area (Å²) >= 11 is 7.19. The molecule has 0 amide bonds. The minimum absolute atomic E-state index is 0.892. The summed E-state index contributed by atoms with van der Waals surface area (Å²) in [5.74, 6) is 0. The number of fused-ring (bicyclic) bond motifs is 10. The Bertz CT molecular complexity index is 2220. The fourth-order valence-corrected chi connectivity index (χ4v) is 7.00. The predicted octanol–water partition coefficient (Wildman–Crippen LogP) is 11.1. The zero-order valence-electron chi connectivity index (χ0n) is 18.7. The van der Waals surface area contributed by atoms with Crippen LogP contribution in [0.25, 0.3) is 87.0 Å². The van der Waals surface area contributed by atoms with E-state index in [9.17, 15) is 0 Å². The van der Waals surface area contributed by atoms with Gasteiger partial charge in [0.05, 0.1) is 0 Å². The van der Waals surface area contributed by atoms with Crippen LogP contribution in [-0.2, 0) is 0 Å². The van der Waals surface area contributed by atoms with Gasteiger partial charge in [0.2, 0.25) is 0 Å². The summed E-state index contributed by atoms with van der Waals surface area (Å²) in [5, 5.41) is 14.5. The van der Waals surface area contributed by atoms with Crippen molar-refractivity contribution in [2.24, 2.45) is 0 Å². The zero-order chi connectivity index (χ0) is 23.7. The van der Waals surface area contributed by atoms with E-state index in [0.29, 0.717) is 0 Å². The van der Waals surface area contributed by atoms with Crippen molar-refractivity contribution in [2.45, 2.75) is 0 Å². The summed E-state index contributed by atoms with van der Waals surface area (Å²) in [7, 11) is 0. The first-order valence-corrected chi connectivity index (χ1v) is 13.4. The molecule has 0 saturated heterocycles. The molecule has 9 rings (SSSR count). The van der Waals surface area contributed by atoms with E-state index < -0.39 is 0 Å². The van der Waals surface area contributed by atoms with Gasteiger partial charge in [-0.05, 0) is 91.6 Å². The third-order valence-electron chi connectivity index (χ3n) is 7.70. The summed E-state index contributed by atoms with van der Waals surface area (Å²) in [6.45, 7) is 0. The summed E-state index contributed by atoms with van der Waals surface area (Å²) in [6.07, 6.45) is 0. The van der Waals surface area contributed by atoms with Crippen molar-refractivity contribution in [1.29, 1.82) is 0 Å². The topological polar surface area (TPSA) is 26.3 Å². The summed E-state index contributed by atoms with van der Waals surface area (Å²) in [5.41, 5.74) is 3.60. The minimum atomic E-state index is 0.892. The van der Waals surface area contributed by atoms with Crippen LogP contribution in [0.1, 0.15) is 0 Å². The van der Waals surface area contributed by atoms with Gasteiger partial charge in [-0.3, -0.25) is 0 Å². The Morgan fingerprint density at radius 1 is 0.361 bits per heavy atom. The molecule has 0 aliphatic heterocycles. The Balaban J connectivity index is 1.60. The highest BCUT2D eigenvalue weighted by Crippen LogP contribution is 2.48. The van der Waals surface area contributed by atoms with E-state index in [4.69, 9.17) is 8.83 Å². The van der Waals surface area contributed by atoms with Crippen LogP contribution in [0.2, 0.25) is 0 Å². The molecule has 7 aromatic carbocycles. The predicted molar refractivity (Wildman–Crippen MR) is 158 cm³/mol.